The van der Waals surface area contributed by atoms with Crippen molar-refractivity contribution >= 4 is 34.0 Å². The van der Waals surface area contributed by atoms with Crippen molar-refractivity contribution in [3.63, 3.8) is 0 Å². The first-order valence-electron chi connectivity index (χ1n) is 7.34. The lowest BCUT2D eigenvalue weighted by molar-refractivity contribution is 0.560. The van der Waals surface area contributed by atoms with E-state index in [1.165, 1.54) is 16.9 Å². The van der Waals surface area contributed by atoms with Crippen molar-refractivity contribution in [3.05, 3.63) is 60.2 Å². The molecule has 21 heavy (non-hydrogen) atoms. The lowest BCUT2D eigenvalue weighted by atomic mass is 9.99. The predicted molar refractivity (Wildman–Crippen MR) is 102 cm³/mol. The fourth-order valence-corrected chi connectivity index (χ4v) is 2.85. The molecule has 0 amide bonds. The third-order valence-electron chi connectivity index (χ3n) is 3.48. The Morgan fingerprint density at radius 1 is 0.762 bits per heavy atom. The monoisotopic (exact) mass is 393 g/mol. The minimum atomic E-state index is 0.0232. The molecule has 0 atom stereocenters. The van der Waals surface area contributed by atoms with Crippen LogP contribution in [0.1, 0.15) is 40.2 Å². The summed E-state index contributed by atoms with van der Waals surface area (Å²) in [6.07, 6.45) is 0. The molecule has 0 aromatic heterocycles. The van der Waals surface area contributed by atoms with Crippen LogP contribution in [0.4, 0.5) is 11.4 Å². The van der Waals surface area contributed by atoms with Crippen LogP contribution >= 0.6 is 22.6 Å². The highest BCUT2D eigenvalue weighted by Gasteiger charge is 2.25. The third kappa shape index (κ3) is 4.00. The molecule has 112 valence electrons. The van der Waals surface area contributed by atoms with Crippen molar-refractivity contribution in [2.75, 3.05) is 4.90 Å². The Morgan fingerprint density at radius 3 is 1.86 bits per heavy atom. The number of para-hydroxylation sites is 1. The van der Waals surface area contributed by atoms with Crippen LogP contribution < -0.4 is 4.90 Å². The molecule has 1 nitrogen and oxygen atoms in total. The molecular formula is C19H24IN. The van der Waals surface area contributed by atoms with Gasteiger partial charge in [0.2, 0.25) is 0 Å². The molecule has 2 rings (SSSR count). The maximum absolute atomic E-state index is 2.50. The molecule has 0 saturated carbocycles. The van der Waals surface area contributed by atoms with Gasteiger partial charge in [-0.1, -0.05) is 52.9 Å². The van der Waals surface area contributed by atoms with Crippen LogP contribution in [-0.2, 0) is 3.42 Å². The van der Waals surface area contributed by atoms with Crippen LogP contribution in [0, 0.1) is 0 Å². The molecule has 0 bridgehead atoms. The Morgan fingerprint density at radius 2 is 1.33 bits per heavy atom. The van der Waals surface area contributed by atoms with E-state index < -0.39 is 0 Å². The summed E-state index contributed by atoms with van der Waals surface area (Å²) < 4.78 is 0.133. The van der Waals surface area contributed by atoms with Gasteiger partial charge < -0.3 is 4.90 Å². The van der Waals surface area contributed by atoms with Crippen molar-refractivity contribution < 1.29 is 0 Å². The molecule has 2 aromatic rings. The fraction of sp³-hybridized carbons (Fsp3) is 0.368. The highest BCUT2D eigenvalue weighted by molar-refractivity contribution is 14.1. The third-order valence-corrected chi connectivity index (χ3v) is 4.10. The van der Waals surface area contributed by atoms with Gasteiger partial charge in [0.05, 0.1) is 0 Å². The van der Waals surface area contributed by atoms with E-state index in [0.29, 0.717) is 0 Å². The number of nitrogens with zero attached hydrogens (tertiary/aromatic N) is 1. The van der Waals surface area contributed by atoms with Gasteiger partial charge in [0.25, 0.3) is 0 Å². The molecule has 0 fully saturated rings. The Bertz CT molecular complexity index is 591. The van der Waals surface area contributed by atoms with Gasteiger partial charge in [-0.25, -0.2) is 0 Å². The van der Waals surface area contributed by atoms with E-state index in [4.69, 9.17) is 0 Å². The first-order valence-corrected chi connectivity index (χ1v) is 8.42. The van der Waals surface area contributed by atoms with Gasteiger partial charge in [-0.15, -0.1) is 0 Å². The second-order valence-electron chi connectivity index (χ2n) is 6.86. The lowest BCUT2D eigenvalue weighted by Gasteiger charge is -2.38. The summed E-state index contributed by atoms with van der Waals surface area (Å²) in [4.78, 5) is 2.40. The summed E-state index contributed by atoms with van der Waals surface area (Å²) in [5, 5.41) is 0. The molecule has 0 unspecified atom stereocenters. The zero-order valence-electron chi connectivity index (χ0n) is 13.5. The molecule has 0 aliphatic rings. The summed E-state index contributed by atoms with van der Waals surface area (Å²) in [5.74, 6) is 0. The van der Waals surface area contributed by atoms with E-state index in [1.54, 1.807) is 0 Å². The van der Waals surface area contributed by atoms with Crippen LogP contribution in [0.5, 0.6) is 0 Å². The van der Waals surface area contributed by atoms with E-state index in [9.17, 15) is 0 Å². The normalized spacial score (nSPS) is 12.3. The highest BCUT2D eigenvalue weighted by Crippen LogP contribution is 2.37. The Kier molecular flexibility index (Phi) is 4.66. The van der Waals surface area contributed by atoms with Crippen LogP contribution in [0.2, 0.25) is 0 Å². The van der Waals surface area contributed by atoms with Crippen LogP contribution in [0.3, 0.4) is 0 Å². The zero-order valence-corrected chi connectivity index (χ0v) is 15.7. The van der Waals surface area contributed by atoms with Crippen molar-refractivity contribution in [3.8, 4) is 0 Å². The van der Waals surface area contributed by atoms with Crippen LogP contribution in [-0.4, -0.2) is 5.54 Å². The van der Waals surface area contributed by atoms with Gasteiger partial charge in [-0.3, -0.25) is 0 Å². The maximum Gasteiger partial charge on any atom is 0.0419 e. The molecule has 2 heteroatoms. The second-order valence-corrected chi connectivity index (χ2v) is 9.56. The minimum absolute atomic E-state index is 0.0232. The summed E-state index contributed by atoms with van der Waals surface area (Å²) >= 11 is 2.50. The van der Waals surface area contributed by atoms with Gasteiger partial charge in [0.15, 0.2) is 0 Å². The largest absolute Gasteiger partial charge is 0.336 e. The first kappa shape index (κ1) is 16.3. The smallest absolute Gasteiger partial charge is 0.0419 e. The van der Waals surface area contributed by atoms with Crippen molar-refractivity contribution in [1.29, 1.82) is 0 Å². The molecular weight excluding hydrogens is 369 g/mol. The lowest BCUT2D eigenvalue weighted by Crippen LogP contribution is -2.37. The van der Waals surface area contributed by atoms with Crippen molar-refractivity contribution in [1.82, 2.24) is 0 Å². The van der Waals surface area contributed by atoms with E-state index in [1.807, 2.05) is 0 Å². The SMILES string of the molecule is CC(C)(I)c1cccc(N(c2ccccc2)C(C)(C)C)c1. The number of hydrogen-bond acceptors (Lipinski definition) is 1. The van der Waals surface area contributed by atoms with Crippen molar-refractivity contribution in [2.24, 2.45) is 0 Å². The molecule has 0 aliphatic heterocycles. The molecule has 0 aliphatic carbocycles. The Hall–Kier alpha value is -1.03. The van der Waals surface area contributed by atoms with Gasteiger partial charge >= 0.3 is 0 Å². The van der Waals surface area contributed by atoms with Crippen molar-refractivity contribution in [2.45, 2.75) is 43.6 Å². The van der Waals surface area contributed by atoms with Gasteiger partial charge in [-0.05, 0) is 64.4 Å². The Balaban J connectivity index is 2.53. The molecule has 2 aromatic carbocycles. The van der Waals surface area contributed by atoms with Crippen LogP contribution in [0.25, 0.3) is 0 Å². The molecule has 0 spiro atoms. The van der Waals surface area contributed by atoms with Gasteiger partial charge in [0.1, 0.15) is 0 Å². The number of benzene rings is 2. The molecule has 0 saturated heterocycles. The van der Waals surface area contributed by atoms with E-state index in [0.717, 1.165) is 0 Å². The standard InChI is InChI=1S/C19H24IN/c1-18(2,3)21(16-11-7-6-8-12-16)17-13-9-10-15(14-17)19(4,5)20/h6-14H,1-5H3. The molecule has 0 N–H and O–H groups in total. The molecule has 0 radical (unpaired) electrons. The maximum atomic E-state index is 2.50. The van der Waals surface area contributed by atoms with E-state index in [2.05, 4.69) is 117 Å². The highest BCUT2D eigenvalue weighted by atomic mass is 127. The quantitative estimate of drug-likeness (QED) is 0.437. The fourth-order valence-electron chi connectivity index (χ4n) is 2.52. The summed E-state index contributed by atoms with van der Waals surface area (Å²) in [6.45, 7) is 11.2. The zero-order chi connectivity index (χ0) is 15.7. The Labute approximate surface area is 142 Å². The van der Waals surface area contributed by atoms with Gasteiger partial charge in [0, 0.05) is 20.3 Å². The topological polar surface area (TPSA) is 3.24 Å². The molecule has 0 heterocycles. The summed E-state index contributed by atoms with van der Waals surface area (Å²) in [7, 11) is 0. The van der Waals surface area contributed by atoms with E-state index >= 15 is 0 Å². The van der Waals surface area contributed by atoms with E-state index in [-0.39, 0.29) is 8.96 Å². The van der Waals surface area contributed by atoms with Crippen LogP contribution in [0.15, 0.2) is 54.6 Å². The number of anilines is 2. The summed E-state index contributed by atoms with van der Waals surface area (Å²) in [5.41, 5.74) is 3.85. The average Bonchev–Trinajstić information content (AvgIpc) is 2.38. The van der Waals surface area contributed by atoms with Gasteiger partial charge in [-0.2, -0.15) is 0 Å². The number of alkyl halides is 1. The minimum Gasteiger partial charge on any atom is -0.336 e. The number of rotatable bonds is 3. The summed E-state index contributed by atoms with van der Waals surface area (Å²) in [6, 6.07) is 19.5. The average molecular weight is 393 g/mol. The number of halogens is 1. The second kappa shape index (κ2) is 5.99. The predicted octanol–water partition coefficient (Wildman–Crippen LogP) is 6.29. The first-order chi connectivity index (χ1) is 9.69. The number of hydrogen-bond donors (Lipinski definition) is 0.